The first kappa shape index (κ1) is 15.5. The Morgan fingerprint density at radius 3 is 2.59 bits per heavy atom. The maximum absolute atomic E-state index is 5.34. The Balaban J connectivity index is 1.57. The van der Waals surface area contributed by atoms with Gasteiger partial charge in [0, 0.05) is 17.7 Å². The lowest BCUT2D eigenvalue weighted by molar-refractivity contribution is 0.193. The van der Waals surface area contributed by atoms with Crippen molar-refractivity contribution in [2.45, 2.75) is 46.6 Å². The lowest BCUT2D eigenvalue weighted by atomic mass is 9.70. The number of hydrazone groups is 1. The zero-order valence-electron chi connectivity index (χ0n) is 13.6. The molecule has 4 heteroatoms. The van der Waals surface area contributed by atoms with Gasteiger partial charge < -0.3 is 5.32 Å². The second-order valence-corrected chi connectivity index (χ2v) is 7.74. The number of benzene rings is 1. The summed E-state index contributed by atoms with van der Waals surface area (Å²) >= 11 is 5.34. The number of fused-ring (bicyclic) bond motifs is 2. The Kier molecular flexibility index (Phi) is 3.98. The highest BCUT2D eigenvalue weighted by Crippen LogP contribution is 2.63. The van der Waals surface area contributed by atoms with Crippen molar-refractivity contribution in [3.8, 4) is 0 Å². The highest BCUT2D eigenvalue weighted by Gasteiger charge is 2.59. The molecule has 1 aromatic carbocycles. The molecule has 22 heavy (non-hydrogen) atoms. The van der Waals surface area contributed by atoms with Crippen LogP contribution in [0.25, 0.3) is 0 Å². The van der Waals surface area contributed by atoms with Gasteiger partial charge in [0.25, 0.3) is 0 Å². The van der Waals surface area contributed by atoms with Crippen LogP contribution in [0.5, 0.6) is 0 Å². The molecule has 0 aliphatic heterocycles. The summed E-state index contributed by atoms with van der Waals surface area (Å²) in [6.45, 7) is 7.86. The van der Waals surface area contributed by atoms with Gasteiger partial charge in [-0.3, -0.25) is 5.43 Å². The maximum Gasteiger partial charge on any atom is 0.187 e. The molecule has 2 atom stereocenters. The van der Waals surface area contributed by atoms with Crippen molar-refractivity contribution in [1.29, 1.82) is 0 Å². The van der Waals surface area contributed by atoms with Crippen LogP contribution in [0.2, 0.25) is 0 Å². The summed E-state index contributed by atoms with van der Waals surface area (Å²) < 4.78 is 0. The van der Waals surface area contributed by atoms with E-state index < -0.39 is 0 Å². The molecule has 0 heterocycles. The largest absolute Gasteiger partial charge is 0.357 e. The normalized spacial score (nSPS) is 30.5. The van der Waals surface area contributed by atoms with Crippen LogP contribution >= 0.6 is 12.2 Å². The van der Waals surface area contributed by atoms with Crippen LogP contribution in [-0.4, -0.2) is 10.8 Å². The van der Waals surface area contributed by atoms with Crippen LogP contribution in [0.4, 0.5) is 0 Å². The summed E-state index contributed by atoms with van der Waals surface area (Å²) in [5.74, 6) is 0.767. The van der Waals surface area contributed by atoms with Crippen molar-refractivity contribution < 1.29 is 0 Å². The number of nitrogens with one attached hydrogen (secondary N) is 2. The molecule has 2 saturated carbocycles. The van der Waals surface area contributed by atoms with E-state index in [0.717, 1.165) is 18.9 Å². The molecule has 2 bridgehead atoms. The van der Waals surface area contributed by atoms with Crippen molar-refractivity contribution in [2.24, 2.45) is 21.8 Å². The molecular formula is C18H25N3S. The molecule has 2 aliphatic rings. The van der Waals surface area contributed by atoms with Crippen LogP contribution in [0, 0.1) is 16.7 Å². The third kappa shape index (κ3) is 2.54. The fourth-order valence-electron chi connectivity index (χ4n) is 4.03. The molecule has 0 aromatic heterocycles. The Morgan fingerprint density at radius 2 is 2.00 bits per heavy atom. The van der Waals surface area contributed by atoms with Gasteiger partial charge in [-0.15, -0.1) is 0 Å². The Hall–Kier alpha value is -1.42. The van der Waals surface area contributed by atoms with Crippen molar-refractivity contribution >= 4 is 23.0 Å². The molecular weight excluding hydrogens is 290 g/mol. The number of thiocarbonyl (C=S) groups is 1. The van der Waals surface area contributed by atoms with Gasteiger partial charge in [-0.1, -0.05) is 51.1 Å². The molecule has 2 aliphatic carbocycles. The van der Waals surface area contributed by atoms with Crippen LogP contribution in [-0.2, 0) is 6.54 Å². The second kappa shape index (κ2) is 5.65. The first-order valence-corrected chi connectivity index (χ1v) is 8.49. The average molecular weight is 315 g/mol. The third-order valence-electron chi connectivity index (χ3n) is 6.10. The summed E-state index contributed by atoms with van der Waals surface area (Å²) in [7, 11) is 0. The molecule has 0 amide bonds. The minimum absolute atomic E-state index is 0.222. The average Bonchev–Trinajstić information content (AvgIpc) is 2.85. The number of hydrogen-bond donors (Lipinski definition) is 2. The summed E-state index contributed by atoms with van der Waals surface area (Å²) in [4.78, 5) is 0. The van der Waals surface area contributed by atoms with E-state index in [1.807, 2.05) is 18.2 Å². The minimum atomic E-state index is 0.222. The van der Waals surface area contributed by atoms with E-state index in [1.54, 1.807) is 0 Å². The Morgan fingerprint density at radius 1 is 1.27 bits per heavy atom. The van der Waals surface area contributed by atoms with E-state index in [0.29, 0.717) is 10.5 Å². The quantitative estimate of drug-likeness (QED) is 0.657. The molecule has 0 spiro atoms. The van der Waals surface area contributed by atoms with E-state index in [9.17, 15) is 0 Å². The predicted octanol–water partition coefficient (Wildman–Crippen LogP) is 3.85. The summed E-state index contributed by atoms with van der Waals surface area (Å²) in [5.41, 5.74) is 6.13. The molecule has 2 fully saturated rings. The predicted molar refractivity (Wildman–Crippen MR) is 95.7 cm³/mol. The molecule has 3 rings (SSSR count). The van der Waals surface area contributed by atoms with Crippen LogP contribution in [0.3, 0.4) is 0 Å². The second-order valence-electron chi connectivity index (χ2n) is 7.33. The molecule has 0 radical (unpaired) electrons. The number of rotatable bonds is 3. The smallest absolute Gasteiger partial charge is 0.187 e. The van der Waals surface area contributed by atoms with Crippen molar-refractivity contribution in [1.82, 2.24) is 10.7 Å². The molecule has 118 valence electrons. The summed E-state index contributed by atoms with van der Waals surface area (Å²) in [6, 6.07) is 10.3. The Bertz CT molecular complexity index is 594. The van der Waals surface area contributed by atoms with Gasteiger partial charge in [0.05, 0.1) is 0 Å². The highest BCUT2D eigenvalue weighted by molar-refractivity contribution is 7.80. The van der Waals surface area contributed by atoms with Gasteiger partial charge in [0.2, 0.25) is 0 Å². The fourth-order valence-corrected chi connectivity index (χ4v) is 4.15. The zero-order valence-corrected chi connectivity index (χ0v) is 14.5. The molecule has 2 N–H and O–H groups in total. The van der Waals surface area contributed by atoms with Crippen molar-refractivity contribution in [3.05, 3.63) is 35.9 Å². The maximum atomic E-state index is 5.34. The van der Waals surface area contributed by atoms with E-state index in [-0.39, 0.29) is 5.41 Å². The van der Waals surface area contributed by atoms with E-state index in [4.69, 9.17) is 12.2 Å². The number of hydrogen-bond acceptors (Lipinski definition) is 2. The minimum Gasteiger partial charge on any atom is -0.357 e. The van der Waals surface area contributed by atoms with Crippen LogP contribution in [0.15, 0.2) is 35.4 Å². The summed E-state index contributed by atoms with van der Waals surface area (Å²) in [5, 5.41) is 8.46. The first-order valence-electron chi connectivity index (χ1n) is 8.08. The van der Waals surface area contributed by atoms with E-state index in [2.05, 4.69) is 48.7 Å². The lowest BCUT2D eigenvalue weighted by Gasteiger charge is -2.34. The molecule has 0 unspecified atom stereocenters. The fraction of sp³-hybridized carbons (Fsp3) is 0.556. The van der Waals surface area contributed by atoms with Gasteiger partial charge in [-0.25, -0.2) is 0 Å². The Labute approximate surface area is 138 Å². The lowest BCUT2D eigenvalue weighted by Crippen LogP contribution is -2.36. The van der Waals surface area contributed by atoms with Gasteiger partial charge in [-0.05, 0) is 48.4 Å². The monoisotopic (exact) mass is 315 g/mol. The van der Waals surface area contributed by atoms with Crippen molar-refractivity contribution in [2.75, 3.05) is 0 Å². The molecule has 1 aromatic rings. The SMILES string of the molecule is CC1(C)[C@H]2CC[C@@]1(C)/C(=N/NC(=S)NCc1ccccc1)C2. The van der Waals surface area contributed by atoms with Gasteiger partial charge in [-0.2, -0.15) is 5.10 Å². The standard InChI is InChI=1S/C18H25N3S/c1-17(2)14-9-10-18(17,3)15(11-14)20-21-16(22)19-12-13-7-5-4-6-8-13/h4-8,14H,9-12H2,1-3H3,(H2,19,21,22)/b20-15+/t14-,18-/m0/s1. The van der Waals surface area contributed by atoms with Crippen LogP contribution < -0.4 is 10.7 Å². The van der Waals surface area contributed by atoms with E-state index in [1.165, 1.54) is 24.1 Å². The molecule has 0 saturated heterocycles. The van der Waals surface area contributed by atoms with Gasteiger partial charge in [0.1, 0.15) is 0 Å². The van der Waals surface area contributed by atoms with Gasteiger partial charge in [0.15, 0.2) is 5.11 Å². The number of nitrogens with zero attached hydrogens (tertiary/aromatic N) is 1. The summed E-state index contributed by atoms with van der Waals surface area (Å²) in [6.07, 6.45) is 3.69. The highest BCUT2D eigenvalue weighted by atomic mass is 32.1. The van der Waals surface area contributed by atoms with Crippen molar-refractivity contribution in [3.63, 3.8) is 0 Å². The zero-order chi connectivity index (χ0) is 15.8. The van der Waals surface area contributed by atoms with Crippen LogP contribution in [0.1, 0.15) is 45.6 Å². The third-order valence-corrected chi connectivity index (χ3v) is 6.34. The first-order chi connectivity index (χ1) is 10.4. The van der Waals surface area contributed by atoms with Gasteiger partial charge >= 0.3 is 0 Å². The molecule has 3 nitrogen and oxygen atoms in total. The topological polar surface area (TPSA) is 36.4 Å². The van der Waals surface area contributed by atoms with E-state index >= 15 is 0 Å².